The number of guanidine groups is 2. The number of nitrogens with two attached hydrogens (primary N) is 2. The molecule has 210 valence electrons. The second-order valence-corrected chi connectivity index (χ2v) is 9.74. The molecule has 3 heterocycles. The Bertz CT molecular complexity index is 1300. The molecule has 1 aliphatic heterocycles. The summed E-state index contributed by atoms with van der Waals surface area (Å²) in [5.74, 6) is -0.237. The predicted octanol–water partition coefficient (Wildman–Crippen LogP) is -0.161. The van der Waals surface area contributed by atoms with E-state index in [-0.39, 0.29) is 23.7 Å². The first-order chi connectivity index (χ1) is 18.9. The zero-order valence-corrected chi connectivity index (χ0v) is 22.1. The summed E-state index contributed by atoms with van der Waals surface area (Å²) in [4.78, 5) is 20.3. The van der Waals surface area contributed by atoms with Gasteiger partial charge in [0.25, 0.3) is 0 Å². The molecule has 1 atom stereocenters. The quantitative estimate of drug-likeness (QED) is 0.105. The van der Waals surface area contributed by atoms with Gasteiger partial charge in [0.1, 0.15) is 5.65 Å². The third-order valence-corrected chi connectivity index (χ3v) is 6.73. The van der Waals surface area contributed by atoms with Crippen LogP contribution in [0, 0.1) is 10.8 Å². The molecule has 0 unspecified atom stereocenters. The number of rotatable bonds is 13. The number of aromatic amines is 1. The Hall–Kier alpha value is -3.94. The Morgan fingerprint density at radius 1 is 1.13 bits per heavy atom. The van der Waals surface area contributed by atoms with E-state index < -0.39 is 0 Å². The van der Waals surface area contributed by atoms with Crippen LogP contribution in [0.1, 0.15) is 30.5 Å². The largest absolute Gasteiger partial charge is 0.372 e. The summed E-state index contributed by atoms with van der Waals surface area (Å²) in [7, 11) is 0. The SMILES string of the molecule is N=C(N)NCC[C@H](CNC(=N)N)OCc1ccc(-n2cc3cc(CCNC4CCNCC4)[nH]c3nc2=O)cc1. The summed E-state index contributed by atoms with van der Waals surface area (Å²) in [5.41, 5.74) is 13.7. The number of nitrogens with one attached hydrogen (secondary N) is 7. The average molecular weight is 538 g/mol. The summed E-state index contributed by atoms with van der Waals surface area (Å²) < 4.78 is 7.55. The van der Waals surface area contributed by atoms with Crippen molar-refractivity contribution in [1.29, 1.82) is 10.8 Å². The number of aromatic nitrogens is 3. The van der Waals surface area contributed by atoms with Crippen molar-refractivity contribution in [3.05, 3.63) is 58.3 Å². The van der Waals surface area contributed by atoms with E-state index in [1.807, 2.05) is 30.5 Å². The number of H-pyrrole nitrogens is 1. The number of ether oxygens (including phenoxy) is 1. The Labute approximate surface area is 227 Å². The lowest BCUT2D eigenvalue weighted by Crippen LogP contribution is -2.40. The van der Waals surface area contributed by atoms with Crippen LogP contribution in [0.4, 0.5) is 0 Å². The molecule has 0 spiro atoms. The van der Waals surface area contributed by atoms with Crippen LogP contribution in [0.15, 0.2) is 41.3 Å². The molecule has 1 aromatic carbocycles. The van der Waals surface area contributed by atoms with Crippen molar-refractivity contribution < 1.29 is 4.74 Å². The smallest absolute Gasteiger partial charge is 0.354 e. The minimum Gasteiger partial charge on any atom is -0.372 e. The Morgan fingerprint density at radius 3 is 2.59 bits per heavy atom. The topological polar surface area (TPSA) is 208 Å². The van der Waals surface area contributed by atoms with Gasteiger partial charge in [0, 0.05) is 49.4 Å². The van der Waals surface area contributed by atoms with Gasteiger partial charge in [-0.1, -0.05) is 12.1 Å². The number of nitrogens with zero attached hydrogens (tertiary/aromatic N) is 2. The second kappa shape index (κ2) is 13.7. The fourth-order valence-electron chi connectivity index (χ4n) is 4.61. The van der Waals surface area contributed by atoms with Crippen LogP contribution in [-0.4, -0.2) is 71.3 Å². The summed E-state index contributed by atoms with van der Waals surface area (Å²) in [6, 6.07) is 10.2. The van der Waals surface area contributed by atoms with Crippen LogP contribution in [0.5, 0.6) is 0 Å². The van der Waals surface area contributed by atoms with Crippen molar-refractivity contribution >= 4 is 23.0 Å². The number of hydrogen-bond donors (Lipinski definition) is 9. The molecule has 39 heavy (non-hydrogen) atoms. The standard InChI is InChI=1S/C26H39N11O2/c27-24(28)33-12-8-22(14-34-25(29)30)39-16-17-1-3-21(4-2-17)37-15-18-13-20(35-23(18)36-26(37)38)7-11-32-19-5-9-31-10-6-19/h1-4,13,15,19,22,31-32H,5-12,14,16H2,(H4,27,28,33)(H4,29,30,34)(H,35,36,38)/t22-/m1/s1. The van der Waals surface area contributed by atoms with Gasteiger partial charge < -0.3 is 42.5 Å². The summed E-state index contributed by atoms with van der Waals surface area (Å²) in [5, 5.41) is 28.1. The molecule has 13 nitrogen and oxygen atoms in total. The van der Waals surface area contributed by atoms with E-state index in [0.29, 0.717) is 43.5 Å². The zero-order chi connectivity index (χ0) is 27.6. The van der Waals surface area contributed by atoms with Crippen molar-refractivity contribution in [2.24, 2.45) is 11.5 Å². The van der Waals surface area contributed by atoms with Gasteiger partial charge in [-0.2, -0.15) is 4.98 Å². The fourth-order valence-corrected chi connectivity index (χ4v) is 4.61. The van der Waals surface area contributed by atoms with Crippen LogP contribution < -0.4 is 38.4 Å². The molecule has 0 saturated carbocycles. The first-order valence-corrected chi connectivity index (χ1v) is 13.3. The van der Waals surface area contributed by atoms with E-state index in [1.54, 1.807) is 4.57 Å². The lowest BCUT2D eigenvalue weighted by Gasteiger charge is -2.23. The lowest BCUT2D eigenvalue weighted by atomic mass is 10.1. The molecular weight excluding hydrogens is 498 g/mol. The van der Waals surface area contributed by atoms with E-state index in [2.05, 4.69) is 37.3 Å². The molecule has 13 heteroatoms. The summed E-state index contributed by atoms with van der Waals surface area (Å²) >= 11 is 0. The van der Waals surface area contributed by atoms with E-state index in [1.165, 1.54) is 0 Å². The molecule has 0 bridgehead atoms. The van der Waals surface area contributed by atoms with Crippen molar-refractivity contribution in [3.63, 3.8) is 0 Å². The molecule has 0 radical (unpaired) electrons. The summed E-state index contributed by atoms with van der Waals surface area (Å²) in [6.07, 6.45) is 5.29. The van der Waals surface area contributed by atoms with E-state index in [9.17, 15) is 4.79 Å². The van der Waals surface area contributed by atoms with E-state index in [0.717, 1.165) is 55.5 Å². The molecule has 2 aromatic heterocycles. The highest BCUT2D eigenvalue weighted by Gasteiger charge is 2.13. The van der Waals surface area contributed by atoms with Crippen molar-refractivity contribution in [1.82, 2.24) is 35.8 Å². The minimum atomic E-state index is -0.346. The molecule has 11 N–H and O–H groups in total. The highest BCUT2D eigenvalue weighted by atomic mass is 16.5. The molecule has 3 aromatic rings. The minimum absolute atomic E-state index is 0.104. The van der Waals surface area contributed by atoms with Crippen LogP contribution in [0.25, 0.3) is 16.7 Å². The second-order valence-electron chi connectivity index (χ2n) is 9.74. The highest BCUT2D eigenvalue weighted by molar-refractivity contribution is 5.76. The van der Waals surface area contributed by atoms with E-state index in [4.69, 9.17) is 27.0 Å². The number of fused-ring (bicyclic) bond motifs is 1. The first kappa shape index (κ1) is 28.1. The van der Waals surface area contributed by atoms with E-state index >= 15 is 0 Å². The molecule has 0 amide bonds. The van der Waals surface area contributed by atoms with Gasteiger partial charge in [0.2, 0.25) is 0 Å². The maximum atomic E-state index is 12.8. The fraction of sp³-hybridized carbons (Fsp3) is 0.462. The summed E-state index contributed by atoms with van der Waals surface area (Å²) in [6.45, 7) is 4.17. The first-order valence-electron chi connectivity index (χ1n) is 13.3. The Balaban J connectivity index is 1.35. The van der Waals surface area contributed by atoms with Crippen LogP contribution in [0.2, 0.25) is 0 Å². The molecule has 4 rings (SSSR count). The monoisotopic (exact) mass is 537 g/mol. The molecular formula is C26H39N11O2. The molecule has 1 saturated heterocycles. The van der Waals surface area contributed by atoms with Gasteiger partial charge in [-0.15, -0.1) is 0 Å². The third-order valence-electron chi connectivity index (χ3n) is 6.73. The number of hydrogen-bond acceptors (Lipinski definition) is 7. The third kappa shape index (κ3) is 8.53. The Morgan fingerprint density at radius 2 is 1.87 bits per heavy atom. The van der Waals surface area contributed by atoms with Crippen molar-refractivity contribution in [2.45, 2.75) is 44.4 Å². The van der Waals surface area contributed by atoms with Gasteiger partial charge in [0.15, 0.2) is 11.9 Å². The van der Waals surface area contributed by atoms with Crippen LogP contribution in [-0.2, 0) is 17.8 Å². The van der Waals surface area contributed by atoms with Crippen LogP contribution in [0.3, 0.4) is 0 Å². The maximum absolute atomic E-state index is 12.8. The average Bonchev–Trinajstić information content (AvgIpc) is 3.31. The lowest BCUT2D eigenvalue weighted by molar-refractivity contribution is 0.0389. The maximum Gasteiger partial charge on any atom is 0.354 e. The highest BCUT2D eigenvalue weighted by Crippen LogP contribution is 2.16. The van der Waals surface area contributed by atoms with Gasteiger partial charge in [0.05, 0.1) is 18.4 Å². The van der Waals surface area contributed by atoms with Crippen molar-refractivity contribution in [2.75, 3.05) is 32.7 Å². The van der Waals surface area contributed by atoms with Gasteiger partial charge in [-0.05, 0) is 56.1 Å². The Kier molecular flexibility index (Phi) is 9.89. The zero-order valence-electron chi connectivity index (χ0n) is 22.1. The number of benzene rings is 1. The van der Waals surface area contributed by atoms with Gasteiger partial charge in [-0.25, -0.2) is 4.79 Å². The number of piperidine rings is 1. The normalized spacial score (nSPS) is 14.8. The molecule has 1 aliphatic rings. The van der Waals surface area contributed by atoms with Crippen LogP contribution >= 0.6 is 0 Å². The molecule has 1 fully saturated rings. The predicted molar refractivity (Wildman–Crippen MR) is 152 cm³/mol. The van der Waals surface area contributed by atoms with Gasteiger partial charge in [-0.3, -0.25) is 15.4 Å². The van der Waals surface area contributed by atoms with Gasteiger partial charge >= 0.3 is 5.69 Å². The van der Waals surface area contributed by atoms with Crippen molar-refractivity contribution in [3.8, 4) is 5.69 Å². The molecule has 0 aliphatic carbocycles.